The second-order valence-corrected chi connectivity index (χ2v) is 7.13. The molecule has 0 spiro atoms. The molecule has 6 nitrogen and oxygen atoms in total. The molecule has 142 valence electrons. The molecule has 1 aliphatic heterocycles. The highest BCUT2D eigenvalue weighted by Crippen LogP contribution is 2.29. The number of rotatable bonds is 9. The van der Waals surface area contributed by atoms with Gasteiger partial charge >= 0.3 is 0 Å². The predicted octanol–water partition coefficient (Wildman–Crippen LogP) is 1.53. The van der Waals surface area contributed by atoms with E-state index in [-0.39, 0.29) is 31.2 Å². The Morgan fingerprint density at radius 2 is 1.92 bits per heavy atom. The molecule has 26 heavy (non-hydrogen) atoms. The summed E-state index contributed by atoms with van der Waals surface area (Å²) in [4.78, 5) is 27.9. The van der Waals surface area contributed by atoms with Gasteiger partial charge in [0.25, 0.3) is 0 Å². The quantitative estimate of drug-likeness (QED) is 0.722. The SMILES string of the molecule is NC(=O)CCN(C(=O)CN(CC1CCOC1)C1CC1)c1ccc(F)cc1. The van der Waals surface area contributed by atoms with Gasteiger partial charge in [-0.2, -0.15) is 0 Å². The van der Waals surface area contributed by atoms with Gasteiger partial charge in [-0.15, -0.1) is 0 Å². The van der Waals surface area contributed by atoms with Gasteiger partial charge in [-0.05, 0) is 49.4 Å². The maximum absolute atomic E-state index is 13.2. The van der Waals surface area contributed by atoms with Crippen LogP contribution in [-0.2, 0) is 14.3 Å². The van der Waals surface area contributed by atoms with E-state index >= 15 is 0 Å². The molecule has 1 aromatic rings. The van der Waals surface area contributed by atoms with Gasteiger partial charge in [-0.1, -0.05) is 0 Å². The van der Waals surface area contributed by atoms with Crippen LogP contribution in [0.5, 0.6) is 0 Å². The summed E-state index contributed by atoms with van der Waals surface area (Å²) < 4.78 is 18.7. The maximum Gasteiger partial charge on any atom is 0.241 e. The van der Waals surface area contributed by atoms with Crippen LogP contribution in [-0.4, -0.2) is 55.6 Å². The van der Waals surface area contributed by atoms with Crippen LogP contribution in [0.15, 0.2) is 24.3 Å². The first-order valence-corrected chi connectivity index (χ1v) is 9.19. The molecule has 1 atom stereocenters. The Balaban J connectivity index is 1.68. The maximum atomic E-state index is 13.2. The molecule has 2 aliphatic rings. The zero-order valence-electron chi connectivity index (χ0n) is 14.9. The Hall–Kier alpha value is -1.99. The topological polar surface area (TPSA) is 75.9 Å². The Kier molecular flexibility index (Phi) is 6.21. The molecule has 1 heterocycles. The monoisotopic (exact) mass is 363 g/mol. The number of benzene rings is 1. The summed E-state index contributed by atoms with van der Waals surface area (Å²) in [5, 5.41) is 0. The average molecular weight is 363 g/mol. The molecule has 1 unspecified atom stereocenters. The Morgan fingerprint density at radius 1 is 1.19 bits per heavy atom. The summed E-state index contributed by atoms with van der Waals surface area (Å²) in [6.07, 6.45) is 3.32. The van der Waals surface area contributed by atoms with Gasteiger partial charge in [-0.25, -0.2) is 4.39 Å². The number of halogens is 1. The van der Waals surface area contributed by atoms with Crippen molar-refractivity contribution in [2.24, 2.45) is 11.7 Å². The van der Waals surface area contributed by atoms with E-state index in [1.54, 1.807) is 12.1 Å². The highest BCUT2D eigenvalue weighted by molar-refractivity contribution is 5.95. The molecule has 1 aromatic carbocycles. The van der Waals surface area contributed by atoms with E-state index in [1.165, 1.54) is 17.0 Å². The zero-order chi connectivity index (χ0) is 18.5. The van der Waals surface area contributed by atoms with Crippen molar-refractivity contribution in [1.29, 1.82) is 0 Å². The molecule has 2 amide bonds. The summed E-state index contributed by atoms with van der Waals surface area (Å²) in [6.45, 7) is 2.88. The largest absolute Gasteiger partial charge is 0.381 e. The first-order valence-electron chi connectivity index (χ1n) is 9.19. The minimum absolute atomic E-state index is 0.0724. The molecule has 1 saturated heterocycles. The van der Waals surface area contributed by atoms with Crippen LogP contribution in [0, 0.1) is 11.7 Å². The Bertz CT molecular complexity index is 627. The molecular weight excluding hydrogens is 337 g/mol. The molecule has 1 aliphatic carbocycles. The van der Waals surface area contributed by atoms with Gasteiger partial charge in [0, 0.05) is 37.8 Å². The van der Waals surface area contributed by atoms with Crippen molar-refractivity contribution < 1.29 is 18.7 Å². The number of primary amides is 1. The lowest BCUT2D eigenvalue weighted by atomic mass is 10.1. The van der Waals surface area contributed by atoms with Crippen molar-refractivity contribution >= 4 is 17.5 Å². The predicted molar refractivity (Wildman–Crippen MR) is 96.1 cm³/mol. The number of nitrogens with zero attached hydrogens (tertiary/aromatic N) is 2. The minimum Gasteiger partial charge on any atom is -0.381 e. The number of carbonyl (C=O) groups is 2. The van der Waals surface area contributed by atoms with Gasteiger partial charge < -0.3 is 15.4 Å². The summed E-state index contributed by atoms with van der Waals surface area (Å²) >= 11 is 0. The van der Waals surface area contributed by atoms with Crippen LogP contribution < -0.4 is 10.6 Å². The normalized spacial score (nSPS) is 19.7. The first-order chi connectivity index (χ1) is 12.5. The molecule has 1 saturated carbocycles. The molecule has 7 heteroatoms. The number of nitrogens with two attached hydrogens (primary N) is 1. The lowest BCUT2D eigenvalue weighted by Gasteiger charge is -2.28. The summed E-state index contributed by atoms with van der Waals surface area (Å²) in [5.74, 6) is -0.457. The van der Waals surface area contributed by atoms with Crippen molar-refractivity contribution in [3.05, 3.63) is 30.1 Å². The number of hydrogen-bond acceptors (Lipinski definition) is 4. The smallest absolute Gasteiger partial charge is 0.241 e. The fraction of sp³-hybridized carbons (Fsp3) is 0.579. The summed E-state index contributed by atoms with van der Waals surface area (Å²) in [6, 6.07) is 6.19. The van der Waals surface area contributed by atoms with Crippen molar-refractivity contribution in [3.8, 4) is 0 Å². The fourth-order valence-corrected chi connectivity index (χ4v) is 3.34. The Morgan fingerprint density at radius 3 is 2.50 bits per heavy atom. The van der Waals surface area contributed by atoms with Crippen LogP contribution in [0.2, 0.25) is 0 Å². The van der Waals surface area contributed by atoms with E-state index in [4.69, 9.17) is 10.5 Å². The first kappa shape index (κ1) is 18.8. The van der Waals surface area contributed by atoms with Gasteiger partial charge in [0.15, 0.2) is 0 Å². The third-order valence-electron chi connectivity index (χ3n) is 4.94. The minimum atomic E-state index is -0.466. The number of carbonyl (C=O) groups excluding carboxylic acids is 2. The van der Waals surface area contributed by atoms with Gasteiger partial charge in [0.2, 0.25) is 11.8 Å². The number of ether oxygens (including phenoxy) is 1. The molecule has 0 bridgehead atoms. The van der Waals surface area contributed by atoms with Crippen molar-refractivity contribution in [2.45, 2.75) is 31.7 Å². The van der Waals surface area contributed by atoms with E-state index in [0.717, 1.165) is 39.0 Å². The van der Waals surface area contributed by atoms with Crippen LogP contribution in [0.1, 0.15) is 25.7 Å². The van der Waals surface area contributed by atoms with E-state index in [1.807, 2.05) is 0 Å². The second-order valence-electron chi connectivity index (χ2n) is 7.13. The lowest BCUT2D eigenvalue weighted by molar-refractivity contribution is -0.120. The molecular formula is C19H26FN3O3. The van der Waals surface area contributed by atoms with Crippen LogP contribution in [0.4, 0.5) is 10.1 Å². The van der Waals surface area contributed by atoms with E-state index in [0.29, 0.717) is 17.6 Å². The molecule has 0 radical (unpaired) electrons. The average Bonchev–Trinajstić information content (AvgIpc) is 3.33. The van der Waals surface area contributed by atoms with Crippen molar-refractivity contribution in [3.63, 3.8) is 0 Å². The summed E-state index contributed by atoms with van der Waals surface area (Å²) in [7, 11) is 0. The third-order valence-corrected chi connectivity index (χ3v) is 4.94. The second kappa shape index (κ2) is 8.60. The van der Waals surface area contributed by atoms with Gasteiger partial charge in [-0.3, -0.25) is 14.5 Å². The number of amides is 2. The highest BCUT2D eigenvalue weighted by atomic mass is 19.1. The molecule has 2 N–H and O–H groups in total. The third kappa shape index (κ3) is 5.25. The van der Waals surface area contributed by atoms with Crippen LogP contribution >= 0.6 is 0 Å². The van der Waals surface area contributed by atoms with Gasteiger partial charge in [0.05, 0.1) is 13.2 Å². The number of hydrogen-bond donors (Lipinski definition) is 1. The Labute approximate surface area is 153 Å². The van der Waals surface area contributed by atoms with Gasteiger partial charge in [0.1, 0.15) is 5.82 Å². The van der Waals surface area contributed by atoms with E-state index in [9.17, 15) is 14.0 Å². The molecule has 2 fully saturated rings. The number of anilines is 1. The van der Waals surface area contributed by atoms with Crippen molar-refractivity contribution in [2.75, 3.05) is 37.7 Å². The van der Waals surface area contributed by atoms with Crippen LogP contribution in [0.25, 0.3) is 0 Å². The molecule has 3 rings (SSSR count). The van der Waals surface area contributed by atoms with E-state index < -0.39 is 5.91 Å². The zero-order valence-corrected chi connectivity index (χ0v) is 14.9. The van der Waals surface area contributed by atoms with E-state index in [2.05, 4.69) is 4.90 Å². The lowest BCUT2D eigenvalue weighted by Crippen LogP contribution is -2.44. The summed E-state index contributed by atoms with van der Waals surface area (Å²) in [5.41, 5.74) is 5.83. The fourth-order valence-electron chi connectivity index (χ4n) is 3.34. The highest BCUT2D eigenvalue weighted by Gasteiger charge is 2.33. The molecule has 0 aromatic heterocycles. The van der Waals surface area contributed by atoms with Crippen molar-refractivity contribution in [1.82, 2.24) is 4.90 Å². The van der Waals surface area contributed by atoms with Crippen LogP contribution in [0.3, 0.4) is 0 Å². The standard InChI is InChI=1S/C19H26FN3O3/c20-15-1-3-17(4-2-15)23(9-7-18(21)24)19(25)12-22(16-5-6-16)11-14-8-10-26-13-14/h1-4,14,16H,5-13H2,(H2,21,24).